The highest BCUT2D eigenvalue weighted by atomic mass is 32.2. The van der Waals surface area contributed by atoms with Gasteiger partial charge in [-0.2, -0.15) is 4.31 Å². The average molecular weight is 314 g/mol. The zero-order valence-electron chi connectivity index (χ0n) is 11.4. The van der Waals surface area contributed by atoms with Crippen LogP contribution in [0.5, 0.6) is 0 Å². The first-order valence-corrected chi connectivity index (χ1v) is 9.40. The van der Waals surface area contributed by atoms with Crippen LogP contribution in [-0.2, 0) is 21.4 Å². The van der Waals surface area contributed by atoms with Gasteiger partial charge in [0.2, 0.25) is 10.0 Å². The summed E-state index contributed by atoms with van der Waals surface area (Å²) in [5, 5.41) is 0. The van der Waals surface area contributed by atoms with Crippen molar-refractivity contribution in [3.05, 3.63) is 30.1 Å². The molecule has 3 rings (SSSR count). The lowest BCUT2D eigenvalue weighted by molar-refractivity contribution is 0.0397. The highest BCUT2D eigenvalue weighted by Gasteiger charge is 2.52. The van der Waals surface area contributed by atoms with Crippen molar-refractivity contribution >= 4 is 21.8 Å². The molecule has 0 bridgehead atoms. The normalized spacial score (nSPS) is 25.8. The van der Waals surface area contributed by atoms with Gasteiger partial charge in [0.15, 0.2) is 0 Å². The molecule has 2 aliphatic heterocycles. The van der Waals surface area contributed by atoms with Crippen LogP contribution in [0.25, 0.3) is 0 Å². The summed E-state index contributed by atoms with van der Waals surface area (Å²) in [5.74, 6) is 0.942. The maximum Gasteiger partial charge on any atom is 0.211 e. The molecule has 0 saturated carbocycles. The summed E-state index contributed by atoms with van der Waals surface area (Å²) < 4.78 is 30.4. The fourth-order valence-corrected chi connectivity index (χ4v) is 5.34. The lowest BCUT2D eigenvalue weighted by Gasteiger charge is -2.45. The SMILES string of the molecule is CS(=O)(=O)N1CC2(CC(OCc3cccnc3)CS2)C1. The molecule has 1 unspecified atom stereocenters. The largest absolute Gasteiger partial charge is 0.373 e. The smallest absolute Gasteiger partial charge is 0.211 e. The molecule has 0 N–H and O–H groups in total. The highest BCUT2D eigenvalue weighted by molar-refractivity contribution is 8.01. The third-order valence-electron chi connectivity index (χ3n) is 3.78. The lowest BCUT2D eigenvalue weighted by Crippen LogP contribution is -2.60. The standard InChI is InChI=1S/C13H18N2O3S2/c1-20(16,17)15-9-13(10-15)5-12(8-19-13)18-7-11-3-2-4-14-6-11/h2-4,6,12H,5,7-10H2,1H3. The molecule has 110 valence electrons. The van der Waals surface area contributed by atoms with Crippen molar-refractivity contribution in [1.29, 1.82) is 0 Å². The van der Waals surface area contributed by atoms with Crippen LogP contribution in [-0.4, -0.2) is 53.7 Å². The Hall–Kier alpha value is -0.630. The maximum absolute atomic E-state index is 11.4. The highest BCUT2D eigenvalue weighted by Crippen LogP contribution is 2.46. The molecule has 0 amide bonds. The van der Waals surface area contributed by atoms with Gasteiger partial charge in [-0.1, -0.05) is 6.07 Å². The van der Waals surface area contributed by atoms with Gasteiger partial charge in [-0.05, 0) is 18.1 Å². The molecule has 0 aromatic carbocycles. The van der Waals surface area contributed by atoms with E-state index in [2.05, 4.69) is 4.98 Å². The molecule has 2 fully saturated rings. The van der Waals surface area contributed by atoms with Gasteiger partial charge in [0.05, 0.1) is 19.0 Å². The summed E-state index contributed by atoms with van der Waals surface area (Å²) in [6.45, 7) is 1.83. The van der Waals surface area contributed by atoms with Crippen molar-refractivity contribution in [3.8, 4) is 0 Å². The molecule has 0 radical (unpaired) electrons. The third kappa shape index (κ3) is 3.00. The molecular formula is C13H18N2O3S2. The molecule has 2 saturated heterocycles. The first-order chi connectivity index (χ1) is 9.47. The molecule has 2 aliphatic rings. The Balaban J connectivity index is 1.49. The molecule has 5 nitrogen and oxygen atoms in total. The second-order valence-corrected chi connectivity index (χ2v) is 8.99. The van der Waals surface area contributed by atoms with E-state index in [1.807, 2.05) is 30.1 Å². The summed E-state index contributed by atoms with van der Waals surface area (Å²) >= 11 is 1.85. The van der Waals surface area contributed by atoms with Crippen LogP contribution in [0.2, 0.25) is 0 Å². The summed E-state index contributed by atoms with van der Waals surface area (Å²) in [6, 6.07) is 3.90. The van der Waals surface area contributed by atoms with Crippen molar-refractivity contribution < 1.29 is 13.2 Å². The number of ether oxygens (including phenoxy) is 1. The number of hydrogen-bond acceptors (Lipinski definition) is 5. The molecule has 20 heavy (non-hydrogen) atoms. The molecule has 1 atom stereocenters. The molecule has 1 aromatic rings. The van der Waals surface area contributed by atoms with Crippen molar-refractivity contribution in [2.45, 2.75) is 23.9 Å². The van der Waals surface area contributed by atoms with Crippen molar-refractivity contribution in [1.82, 2.24) is 9.29 Å². The summed E-state index contributed by atoms with van der Waals surface area (Å²) in [7, 11) is -3.03. The number of thioether (sulfide) groups is 1. The first-order valence-electron chi connectivity index (χ1n) is 6.56. The van der Waals surface area contributed by atoms with E-state index in [1.165, 1.54) is 6.26 Å². The Kier molecular flexibility index (Phi) is 3.79. The number of aromatic nitrogens is 1. The van der Waals surface area contributed by atoms with E-state index in [-0.39, 0.29) is 10.9 Å². The van der Waals surface area contributed by atoms with Crippen LogP contribution >= 0.6 is 11.8 Å². The Labute approximate surface area is 123 Å². The van der Waals surface area contributed by atoms with Gasteiger partial charge >= 0.3 is 0 Å². The third-order valence-corrected chi connectivity index (χ3v) is 6.55. The minimum Gasteiger partial charge on any atom is -0.373 e. The van der Waals surface area contributed by atoms with E-state index >= 15 is 0 Å². The fourth-order valence-electron chi connectivity index (χ4n) is 2.66. The van der Waals surface area contributed by atoms with Gasteiger partial charge < -0.3 is 4.74 Å². The van der Waals surface area contributed by atoms with Crippen LogP contribution in [0.15, 0.2) is 24.5 Å². The quantitative estimate of drug-likeness (QED) is 0.833. The Bertz CT molecular complexity index is 571. The second-order valence-electron chi connectivity index (χ2n) is 5.52. The van der Waals surface area contributed by atoms with Crippen LogP contribution < -0.4 is 0 Å². The summed E-state index contributed by atoms with van der Waals surface area (Å²) in [4.78, 5) is 4.06. The van der Waals surface area contributed by atoms with Crippen LogP contribution in [0.4, 0.5) is 0 Å². The Morgan fingerprint density at radius 2 is 2.35 bits per heavy atom. The average Bonchev–Trinajstić information content (AvgIpc) is 2.79. The Morgan fingerprint density at radius 1 is 1.55 bits per heavy atom. The van der Waals surface area contributed by atoms with Crippen molar-refractivity contribution in [2.24, 2.45) is 0 Å². The van der Waals surface area contributed by atoms with E-state index in [0.717, 1.165) is 17.7 Å². The lowest BCUT2D eigenvalue weighted by atomic mass is 9.95. The van der Waals surface area contributed by atoms with Gasteiger partial charge in [-0.3, -0.25) is 4.98 Å². The van der Waals surface area contributed by atoms with E-state index in [4.69, 9.17) is 4.74 Å². The summed E-state index contributed by atoms with van der Waals surface area (Å²) in [6.07, 6.45) is 5.98. The topological polar surface area (TPSA) is 59.5 Å². The fraction of sp³-hybridized carbons (Fsp3) is 0.615. The number of sulfonamides is 1. The number of nitrogens with zero attached hydrogens (tertiary/aromatic N) is 2. The van der Waals surface area contributed by atoms with Gasteiger partial charge in [-0.25, -0.2) is 8.42 Å². The molecular weight excluding hydrogens is 296 g/mol. The van der Waals surface area contributed by atoms with Gasteiger partial charge in [-0.15, -0.1) is 11.8 Å². The zero-order valence-corrected chi connectivity index (χ0v) is 13.0. The first kappa shape index (κ1) is 14.3. The molecule has 1 spiro atoms. The molecule has 3 heterocycles. The van der Waals surface area contributed by atoms with Gasteiger partial charge in [0.1, 0.15) is 0 Å². The molecule has 1 aromatic heterocycles. The minimum atomic E-state index is -3.03. The predicted molar refractivity (Wildman–Crippen MR) is 79.0 cm³/mol. The van der Waals surface area contributed by atoms with E-state index < -0.39 is 10.0 Å². The molecule has 0 aliphatic carbocycles. The van der Waals surface area contributed by atoms with E-state index in [9.17, 15) is 8.42 Å². The number of hydrogen-bond donors (Lipinski definition) is 0. The van der Waals surface area contributed by atoms with Crippen LogP contribution in [0.1, 0.15) is 12.0 Å². The molecule has 7 heteroatoms. The van der Waals surface area contributed by atoms with Gasteiger partial charge in [0.25, 0.3) is 0 Å². The number of pyridine rings is 1. The number of rotatable bonds is 4. The van der Waals surface area contributed by atoms with Crippen molar-refractivity contribution in [3.63, 3.8) is 0 Å². The second kappa shape index (κ2) is 5.29. The zero-order chi connectivity index (χ0) is 14.2. The van der Waals surface area contributed by atoms with E-state index in [1.54, 1.807) is 10.5 Å². The monoisotopic (exact) mass is 314 g/mol. The Morgan fingerprint density at radius 3 is 3.00 bits per heavy atom. The maximum atomic E-state index is 11.4. The van der Waals surface area contributed by atoms with Crippen LogP contribution in [0.3, 0.4) is 0 Å². The van der Waals surface area contributed by atoms with E-state index in [0.29, 0.717) is 19.7 Å². The minimum absolute atomic E-state index is 0.0860. The summed E-state index contributed by atoms with van der Waals surface area (Å²) in [5.41, 5.74) is 1.07. The van der Waals surface area contributed by atoms with Crippen molar-refractivity contribution in [2.75, 3.05) is 25.1 Å². The predicted octanol–water partition coefficient (Wildman–Crippen LogP) is 1.12. The van der Waals surface area contributed by atoms with Gasteiger partial charge in [0, 0.05) is 36.0 Å². The van der Waals surface area contributed by atoms with Crippen LogP contribution in [0, 0.1) is 0 Å².